The number of alkyl halides is 3. The van der Waals surface area contributed by atoms with Gasteiger partial charge in [-0.25, -0.2) is 0 Å². The summed E-state index contributed by atoms with van der Waals surface area (Å²) < 4.78 is 39.8. The van der Waals surface area contributed by atoms with Crippen LogP contribution in [0.3, 0.4) is 0 Å². The largest absolute Gasteiger partial charge is 0.418 e. The normalized spacial score (nSPS) is 21.7. The molecule has 4 atom stereocenters. The highest BCUT2D eigenvalue weighted by molar-refractivity contribution is 5.98. The van der Waals surface area contributed by atoms with Gasteiger partial charge >= 0.3 is 6.18 Å². The van der Waals surface area contributed by atoms with E-state index in [1.807, 2.05) is 0 Å². The van der Waals surface area contributed by atoms with Crippen LogP contribution in [0.5, 0.6) is 0 Å². The van der Waals surface area contributed by atoms with E-state index in [2.05, 4.69) is 49.2 Å². The summed E-state index contributed by atoms with van der Waals surface area (Å²) >= 11 is 0. The van der Waals surface area contributed by atoms with Crippen molar-refractivity contribution in [2.75, 3.05) is 18.9 Å². The van der Waals surface area contributed by atoms with Crippen molar-refractivity contribution in [1.82, 2.24) is 14.7 Å². The van der Waals surface area contributed by atoms with Gasteiger partial charge in [-0.2, -0.15) is 23.5 Å². The molecule has 1 aliphatic rings. The van der Waals surface area contributed by atoms with Crippen molar-refractivity contribution in [1.29, 1.82) is 5.26 Å². The summed E-state index contributed by atoms with van der Waals surface area (Å²) in [6.45, 7) is 7.42. The first kappa shape index (κ1) is 27.5. The maximum Gasteiger partial charge on any atom is 0.418 e. The van der Waals surface area contributed by atoms with E-state index in [1.165, 1.54) is 18.3 Å². The lowest BCUT2D eigenvalue weighted by Crippen LogP contribution is -2.42. The first-order chi connectivity index (χ1) is 16.7. The first-order valence-corrected chi connectivity index (χ1v) is 11.8. The molecular weight excluding hydrogens is 473 g/mol. The zero-order valence-corrected chi connectivity index (χ0v) is 20.9. The summed E-state index contributed by atoms with van der Waals surface area (Å²) in [6.07, 6.45) is -3.61. The molecule has 1 amide bonds. The number of hydrogen-bond acceptors (Lipinski definition) is 6. The molecule has 0 radical (unpaired) electrons. The Kier molecular flexibility index (Phi) is 8.00. The van der Waals surface area contributed by atoms with Crippen molar-refractivity contribution >= 4 is 17.4 Å². The summed E-state index contributed by atoms with van der Waals surface area (Å²) in [5.41, 5.74) is 5.85. The fourth-order valence-electron chi connectivity index (χ4n) is 4.77. The Morgan fingerprint density at radius 3 is 2.47 bits per heavy atom. The number of rotatable bonds is 7. The summed E-state index contributed by atoms with van der Waals surface area (Å²) in [7, 11) is 2.07. The number of amides is 1. The first-order valence-electron chi connectivity index (χ1n) is 11.8. The van der Waals surface area contributed by atoms with Crippen LogP contribution in [0, 0.1) is 22.7 Å². The van der Waals surface area contributed by atoms with E-state index >= 15 is 0 Å². The Balaban J connectivity index is 1.78. The van der Waals surface area contributed by atoms with E-state index < -0.39 is 18.2 Å². The summed E-state index contributed by atoms with van der Waals surface area (Å²) in [6, 6.07) is 7.40. The third-order valence-corrected chi connectivity index (χ3v) is 6.44. The number of nitrogens with two attached hydrogens (primary N) is 1. The lowest BCUT2D eigenvalue weighted by Gasteiger charge is -2.39. The number of carbonyl (C=O) groups is 1. The third-order valence-electron chi connectivity index (χ3n) is 6.44. The van der Waals surface area contributed by atoms with Gasteiger partial charge in [0.15, 0.2) is 11.9 Å². The van der Waals surface area contributed by atoms with Crippen molar-refractivity contribution in [3.63, 3.8) is 0 Å². The van der Waals surface area contributed by atoms with Crippen molar-refractivity contribution in [3.8, 4) is 6.07 Å². The molecule has 1 aromatic heterocycles. The van der Waals surface area contributed by atoms with E-state index in [9.17, 15) is 28.3 Å². The number of nitrogens with one attached hydrogen (secondary N) is 1. The maximum atomic E-state index is 12.7. The quantitative estimate of drug-likeness (QED) is 0.507. The topological polar surface area (TPSA) is 120 Å². The van der Waals surface area contributed by atoms with Gasteiger partial charge in [0.1, 0.15) is 5.56 Å². The zero-order chi connectivity index (χ0) is 26.8. The minimum Gasteiger partial charge on any atom is -0.379 e. The summed E-state index contributed by atoms with van der Waals surface area (Å²) in [4.78, 5) is 14.4. The number of benzene rings is 1. The van der Waals surface area contributed by atoms with E-state index in [0.717, 1.165) is 25.1 Å². The smallest absolute Gasteiger partial charge is 0.379 e. The van der Waals surface area contributed by atoms with Gasteiger partial charge in [-0.3, -0.25) is 9.48 Å². The number of hydrogen-bond donors (Lipinski definition) is 3. The Morgan fingerprint density at radius 1 is 1.31 bits per heavy atom. The van der Waals surface area contributed by atoms with Crippen molar-refractivity contribution in [2.24, 2.45) is 17.1 Å². The fourth-order valence-corrected chi connectivity index (χ4v) is 4.77. The molecule has 0 saturated heterocycles. The van der Waals surface area contributed by atoms with Gasteiger partial charge in [0.2, 0.25) is 0 Å². The summed E-state index contributed by atoms with van der Waals surface area (Å²) in [5.74, 6) is -0.891. The minimum atomic E-state index is -4.77. The second-order valence-electron chi connectivity index (χ2n) is 10.7. The molecule has 4 N–H and O–H groups in total. The highest BCUT2D eigenvalue weighted by Gasteiger charge is 2.39. The van der Waals surface area contributed by atoms with Gasteiger partial charge in [0.05, 0.1) is 18.0 Å². The molecule has 1 aromatic carbocycles. The van der Waals surface area contributed by atoms with E-state index in [1.54, 1.807) is 4.68 Å². The number of primary amides is 1. The second-order valence-corrected chi connectivity index (χ2v) is 10.7. The molecule has 0 unspecified atom stereocenters. The Labute approximate surface area is 208 Å². The molecule has 11 heteroatoms. The van der Waals surface area contributed by atoms with Crippen LogP contribution in [0.4, 0.5) is 24.7 Å². The van der Waals surface area contributed by atoms with Crippen LogP contribution in [0.25, 0.3) is 0 Å². The molecular formula is C25H33F3N6O2. The maximum absolute atomic E-state index is 12.7. The van der Waals surface area contributed by atoms with Gasteiger partial charge in [-0.15, -0.1) is 0 Å². The molecule has 8 nitrogen and oxygen atoms in total. The minimum absolute atomic E-state index is 0.109. The van der Waals surface area contributed by atoms with Gasteiger partial charge in [-0.05, 0) is 49.4 Å². The number of aliphatic hydroxyl groups is 1. The molecule has 1 fully saturated rings. The van der Waals surface area contributed by atoms with E-state index in [0.29, 0.717) is 18.5 Å². The molecule has 1 heterocycles. The van der Waals surface area contributed by atoms with Crippen LogP contribution in [-0.4, -0.2) is 51.5 Å². The predicted octanol–water partition coefficient (Wildman–Crippen LogP) is 4.53. The lowest BCUT2D eigenvalue weighted by molar-refractivity contribution is -0.206. The van der Waals surface area contributed by atoms with Crippen LogP contribution in [-0.2, 0) is 0 Å². The molecule has 196 valence electrons. The van der Waals surface area contributed by atoms with E-state index in [-0.39, 0.29) is 40.4 Å². The average molecular weight is 507 g/mol. The lowest BCUT2D eigenvalue weighted by atomic mass is 9.81. The Bertz CT molecular complexity index is 1100. The average Bonchev–Trinajstić information content (AvgIpc) is 3.20. The number of aliphatic hydroxyl groups excluding tert-OH is 1. The molecule has 0 spiro atoms. The number of nitrogens with zero attached hydrogens (tertiary/aromatic N) is 4. The van der Waals surface area contributed by atoms with Gasteiger partial charge in [0, 0.05) is 24.5 Å². The van der Waals surface area contributed by atoms with Crippen LogP contribution in [0.15, 0.2) is 30.5 Å². The zero-order valence-electron chi connectivity index (χ0n) is 20.9. The van der Waals surface area contributed by atoms with Crippen LogP contribution in [0.2, 0.25) is 0 Å². The van der Waals surface area contributed by atoms with E-state index in [4.69, 9.17) is 5.73 Å². The molecule has 3 rings (SSSR count). The second kappa shape index (κ2) is 10.5. The molecule has 0 aliphatic heterocycles. The summed E-state index contributed by atoms with van der Waals surface area (Å²) in [5, 5.41) is 26.7. The predicted molar refractivity (Wildman–Crippen MR) is 129 cm³/mol. The molecule has 1 aliphatic carbocycles. The number of carbonyl (C=O) groups excluding carboxylic acids is 1. The Hall–Kier alpha value is -3.10. The highest BCUT2D eigenvalue weighted by atomic mass is 19.4. The SMILES string of the molecule is CN(CC(C)(C)C)[C@H]1CC[C@H](n2cc(C(N)=O)c(Nc3ccc([C@@H](O)C(F)(F)F)cc3)n2)[C@@H](C#N)C1. The molecule has 36 heavy (non-hydrogen) atoms. The number of nitriles is 1. The van der Waals surface area contributed by atoms with Crippen molar-refractivity contribution in [2.45, 2.75) is 64.4 Å². The van der Waals surface area contributed by atoms with Gasteiger partial charge in [0.25, 0.3) is 5.91 Å². The van der Waals surface area contributed by atoms with Crippen molar-refractivity contribution < 1.29 is 23.1 Å². The monoisotopic (exact) mass is 506 g/mol. The Morgan fingerprint density at radius 2 is 1.94 bits per heavy atom. The standard InChI is InChI=1S/C25H33F3N6O2/c1-24(2,3)14-33(4)18-9-10-20(16(11-18)12-29)34-13-19(22(30)36)23(32-34)31-17-7-5-15(6-8-17)21(35)25(26,27)28/h5-8,13,16,18,20-21,35H,9-11,14H2,1-4H3,(H2,30,36)(H,31,32)/t16-,18+,20+,21-/m1/s1. The highest BCUT2D eigenvalue weighted by Crippen LogP contribution is 2.37. The number of aromatic nitrogens is 2. The van der Waals surface area contributed by atoms with Crippen LogP contribution >= 0.6 is 0 Å². The van der Waals surface area contributed by atoms with Gasteiger partial charge in [-0.1, -0.05) is 32.9 Å². The molecule has 2 aromatic rings. The molecule has 0 bridgehead atoms. The fraction of sp³-hybridized carbons (Fsp3) is 0.560. The van der Waals surface area contributed by atoms with Crippen LogP contribution in [0.1, 0.15) is 68.1 Å². The van der Waals surface area contributed by atoms with Crippen molar-refractivity contribution in [3.05, 3.63) is 41.6 Å². The molecule has 1 saturated carbocycles. The van der Waals surface area contributed by atoms with Gasteiger partial charge < -0.3 is 21.1 Å². The van der Waals surface area contributed by atoms with Crippen LogP contribution < -0.4 is 11.1 Å². The number of halogens is 3. The number of anilines is 2. The third kappa shape index (κ3) is 6.56.